The van der Waals surface area contributed by atoms with Gasteiger partial charge in [0.15, 0.2) is 11.5 Å². The Labute approximate surface area is 188 Å². The number of benzene rings is 2. The second-order valence-electron chi connectivity index (χ2n) is 6.85. The van der Waals surface area contributed by atoms with Crippen LogP contribution in [0.4, 0.5) is 8.78 Å². The van der Waals surface area contributed by atoms with Crippen molar-refractivity contribution >= 4 is 35.0 Å². The third kappa shape index (κ3) is 5.57. The third-order valence-corrected chi connectivity index (χ3v) is 5.68. The quantitative estimate of drug-likeness (QED) is 0.634. The van der Waals surface area contributed by atoms with Crippen LogP contribution in [0.15, 0.2) is 36.4 Å². The fraction of sp³-hybridized carbons (Fsp3) is 0.333. The minimum Gasteiger partial charge on any atom is -0.493 e. The highest BCUT2D eigenvalue weighted by atomic mass is 35.5. The van der Waals surface area contributed by atoms with Gasteiger partial charge in [-0.3, -0.25) is 9.59 Å². The number of alkyl halides is 2. The van der Waals surface area contributed by atoms with E-state index in [4.69, 9.17) is 27.9 Å². The molecule has 1 N–H and O–H groups in total. The van der Waals surface area contributed by atoms with Gasteiger partial charge in [0.2, 0.25) is 5.91 Å². The van der Waals surface area contributed by atoms with Gasteiger partial charge in [-0.15, -0.1) is 0 Å². The van der Waals surface area contributed by atoms with Crippen LogP contribution in [0, 0.1) is 0 Å². The maximum absolute atomic E-state index is 12.7. The molecule has 1 aliphatic heterocycles. The number of nitrogens with one attached hydrogen (secondary N) is 1. The second kappa shape index (κ2) is 10.2. The first-order chi connectivity index (χ1) is 14.8. The Bertz CT molecular complexity index is 974. The molecule has 1 fully saturated rings. The first-order valence-corrected chi connectivity index (χ1v) is 10.2. The lowest BCUT2D eigenvalue weighted by Gasteiger charge is -2.25. The van der Waals surface area contributed by atoms with E-state index in [1.54, 1.807) is 17.0 Å². The van der Waals surface area contributed by atoms with Crippen molar-refractivity contribution in [3.8, 4) is 11.5 Å². The fourth-order valence-corrected chi connectivity index (χ4v) is 3.80. The number of ether oxygens (including phenoxy) is 2. The van der Waals surface area contributed by atoms with E-state index in [0.29, 0.717) is 16.6 Å². The van der Waals surface area contributed by atoms with E-state index in [9.17, 15) is 18.4 Å². The highest BCUT2D eigenvalue weighted by molar-refractivity contribution is 6.42. The van der Waals surface area contributed by atoms with Gasteiger partial charge in [-0.05, 0) is 48.7 Å². The van der Waals surface area contributed by atoms with Crippen LogP contribution < -0.4 is 14.8 Å². The number of hydrogen-bond donors (Lipinski definition) is 1. The van der Waals surface area contributed by atoms with Crippen molar-refractivity contribution in [2.24, 2.45) is 0 Å². The molecule has 2 aromatic carbocycles. The zero-order valence-corrected chi connectivity index (χ0v) is 18.1. The summed E-state index contributed by atoms with van der Waals surface area (Å²) in [7, 11) is 1.27. The topological polar surface area (TPSA) is 67.9 Å². The van der Waals surface area contributed by atoms with Gasteiger partial charge in [0, 0.05) is 12.1 Å². The molecule has 2 aromatic rings. The molecular weight excluding hydrogens is 453 g/mol. The Morgan fingerprint density at radius 3 is 2.61 bits per heavy atom. The van der Waals surface area contributed by atoms with E-state index in [2.05, 4.69) is 10.1 Å². The average Bonchev–Trinajstić information content (AvgIpc) is 3.23. The van der Waals surface area contributed by atoms with Crippen LogP contribution in [0.3, 0.4) is 0 Å². The van der Waals surface area contributed by atoms with E-state index in [1.807, 2.05) is 6.07 Å². The van der Waals surface area contributed by atoms with Crippen molar-refractivity contribution in [1.82, 2.24) is 10.2 Å². The van der Waals surface area contributed by atoms with Crippen LogP contribution in [-0.4, -0.2) is 43.5 Å². The first kappa shape index (κ1) is 23.1. The van der Waals surface area contributed by atoms with E-state index in [0.717, 1.165) is 18.4 Å². The summed E-state index contributed by atoms with van der Waals surface area (Å²) >= 11 is 12.1. The first-order valence-electron chi connectivity index (χ1n) is 9.45. The second-order valence-corrected chi connectivity index (χ2v) is 7.66. The van der Waals surface area contributed by atoms with Crippen LogP contribution in [0.5, 0.6) is 11.5 Å². The van der Waals surface area contributed by atoms with Crippen LogP contribution in [0.1, 0.15) is 34.8 Å². The smallest absolute Gasteiger partial charge is 0.387 e. The highest BCUT2D eigenvalue weighted by Crippen LogP contribution is 2.35. The summed E-state index contributed by atoms with van der Waals surface area (Å²) in [4.78, 5) is 26.9. The van der Waals surface area contributed by atoms with E-state index in [1.165, 1.54) is 25.3 Å². The number of hydrogen-bond acceptors (Lipinski definition) is 4. The zero-order valence-electron chi connectivity index (χ0n) is 16.5. The van der Waals surface area contributed by atoms with Crippen LogP contribution in [0.2, 0.25) is 10.0 Å². The number of methoxy groups -OCH3 is 1. The molecule has 166 valence electrons. The van der Waals surface area contributed by atoms with Crippen LogP contribution in [0.25, 0.3) is 0 Å². The van der Waals surface area contributed by atoms with Crippen molar-refractivity contribution in [2.45, 2.75) is 25.5 Å². The number of rotatable bonds is 7. The number of carbonyl (C=O) groups excluding carboxylic acids is 2. The zero-order chi connectivity index (χ0) is 22.5. The summed E-state index contributed by atoms with van der Waals surface area (Å²) in [5, 5.41) is 3.41. The SMILES string of the molecule is COc1cc(C(=O)NCC(=O)N2CCCC2c2ccc(Cl)c(Cl)c2)ccc1OC(F)F. The number of nitrogens with zero attached hydrogens (tertiary/aromatic N) is 1. The number of likely N-dealkylation sites (tertiary alicyclic amines) is 1. The lowest BCUT2D eigenvalue weighted by Crippen LogP contribution is -2.39. The largest absolute Gasteiger partial charge is 0.493 e. The van der Waals surface area contributed by atoms with Gasteiger partial charge < -0.3 is 19.7 Å². The van der Waals surface area contributed by atoms with Crippen LogP contribution in [-0.2, 0) is 4.79 Å². The molecule has 0 spiro atoms. The molecule has 1 aliphatic rings. The number of amides is 2. The molecule has 1 unspecified atom stereocenters. The van der Waals surface area contributed by atoms with Gasteiger partial charge in [-0.2, -0.15) is 8.78 Å². The molecule has 10 heteroatoms. The lowest BCUT2D eigenvalue weighted by atomic mass is 10.0. The van der Waals surface area contributed by atoms with Crippen molar-refractivity contribution in [3.63, 3.8) is 0 Å². The molecule has 0 aromatic heterocycles. The summed E-state index contributed by atoms with van der Waals surface area (Å²) in [6, 6.07) is 8.91. The average molecular weight is 473 g/mol. The van der Waals surface area contributed by atoms with Gasteiger partial charge >= 0.3 is 6.61 Å². The standard InChI is InChI=1S/C21H20Cl2F2N2O4/c1-30-18-10-13(5-7-17(18)31-21(24)25)20(29)26-11-19(28)27-8-2-3-16(27)12-4-6-14(22)15(23)9-12/h4-7,9-10,16,21H,2-3,8,11H2,1H3,(H,26,29). The minimum atomic E-state index is -3.02. The Kier molecular flexibility index (Phi) is 7.56. The Balaban J connectivity index is 1.64. The van der Waals surface area contributed by atoms with E-state index >= 15 is 0 Å². The Morgan fingerprint density at radius 2 is 1.94 bits per heavy atom. The van der Waals surface area contributed by atoms with Gasteiger partial charge in [-0.25, -0.2) is 0 Å². The molecule has 1 heterocycles. The highest BCUT2D eigenvalue weighted by Gasteiger charge is 2.30. The lowest BCUT2D eigenvalue weighted by molar-refractivity contribution is -0.131. The molecular formula is C21H20Cl2F2N2O4. The summed E-state index contributed by atoms with van der Waals surface area (Å²) in [6.45, 7) is -2.67. The number of carbonyl (C=O) groups is 2. The normalized spacial score (nSPS) is 15.8. The van der Waals surface area contributed by atoms with Crippen molar-refractivity contribution in [3.05, 3.63) is 57.6 Å². The van der Waals surface area contributed by atoms with Gasteiger partial charge in [0.1, 0.15) is 0 Å². The maximum Gasteiger partial charge on any atom is 0.387 e. The maximum atomic E-state index is 12.7. The Morgan fingerprint density at radius 1 is 1.16 bits per heavy atom. The molecule has 0 saturated carbocycles. The molecule has 31 heavy (non-hydrogen) atoms. The molecule has 1 saturated heterocycles. The Hall–Kier alpha value is -2.58. The molecule has 3 rings (SSSR count). The summed E-state index contributed by atoms with van der Waals surface area (Å²) in [6.07, 6.45) is 1.61. The summed E-state index contributed by atoms with van der Waals surface area (Å²) < 4.78 is 34.2. The molecule has 2 amide bonds. The molecule has 0 radical (unpaired) electrons. The van der Waals surface area contributed by atoms with Gasteiger partial charge in [-0.1, -0.05) is 29.3 Å². The molecule has 0 bridgehead atoms. The van der Waals surface area contributed by atoms with Crippen molar-refractivity contribution < 1.29 is 27.8 Å². The van der Waals surface area contributed by atoms with Crippen LogP contribution >= 0.6 is 23.2 Å². The predicted molar refractivity (Wildman–Crippen MR) is 112 cm³/mol. The molecule has 0 aliphatic carbocycles. The third-order valence-electron chi connectivity index (χ3n) is 4.94. The predicted octanol–water partition coefficient (Wildman–Crippen LogP) is 4.70. The minimum absolute atomic E-state index is 0.0153. The van der Waals surface area contributed by atoms with Gasteiger partial charge in [0.25, 0.3) is 5.91 Å². The van der Waals surface area contributed by atoms with E-state index < -0.39 is 12.5 Å². The van der Waals surface area contributed by atoms with E-state index in [-0.39, 0.29) is 35.6 Å². The number of halogens is 4. The van der Waals surface area contributed by atoms with Crippen molar-refractivity contribution in [1.29, 1.82) is 0 Å². The summed E-state index contributed by atoms with van der Waals surface area (Å²) in [5.74, 6) is -0.989. The monoisotopic (exact) mass is 472 g/mol. The van der Waals surface area contributed by atoms with Crippen molar-refractivity contribution in [2.75, 3.05) is 20.2 Å². The fourth-order valence-electron chi connectivity index (χ4n) is 3.49. The molecule has 1 atom stereocenters. The van der Waals surface area contributed by atoms with Gasteiger partial charge in [0.05, 0.1) is 29.7 Å². The summed E-state index contributed by atoms with van der Waals surface area (Å²) in [5.41, 5.74) is 1.03. The molecule has 6 nitrogen and oxygen atoms in total.